The third-order valence-corrected chi connectivity index (χ3v) is 4.39. The molecule has 1 atom stereocenters. The predicted molar refractivity (Wildman–Crippen MR) is 101 cm³/mol. The maximum absolute atomic E-state index is 12.8. The van der Waals surface area contributed by atoms with E-state index < -0.39 is 24.9 Å². The number of hydrogen-bond donors (Lipinski definition) is 2. The smallest absolute Gasteiger partial charge is 0.344 e. The minimum atomic E-state index is -2.81. The third-order valence-electron chi connectivity index (χ3n) is 4.39. The van der Waals surface area contributed by atoms with Crippen molar-refractivity contribution in [2.75, 3.05) is 19.6 Å². The number of aliphatic hydroxyl groups is 1. The first-order valence-corrected chi connectivity index (χ1v) is 8.25. The fourth-order valence-corrected chi connectivity index (χ4v) is 3.15. The zero-order valence-electron chi connectivity index (χ0n) is 19.1. The average molecular weight is 371 g/mol. The number of ether oxygens (including phenoxy) is 1. The fraction of sp³-hybridized carbons (Fsp3) is 0.550. The van der Waals surface area contributed by atoms with E-state index in [1.807, 2.05) is 6.07 Å². The van der Waals surface area contributed by atoms with Crippen LogP contribution in [0.5, 0.6) is 0 Å². The van der Waals surface area contributed by atoms with Crippen molar-refractivity contribution in [3.05, 3.63) is 35.9 Å². The molecule has 0 saturated heterocycles. The Kier molecular flexibility index (Phi) is 6.52. The van der Waals surface area contributed by atoms with Crippen LogP contribution in [-0.2, 0) is 15.1 Å². The van der Waals surface area contributed by atoms with Gasteiger partial charge in [0.2, 0.25) is 0 Å². The number of nitrogens with one attached hydrogen (secondary N) is 1. The minimum absolute atomic E-state index is 0. The second kappa shape index (κ2) is 11.1. The minimum Gasteiger partial charge on any atom is -0.450 e. The number of esters is 1. The summed E-state index contributed by atoms with van der Waals surface area (Å²) >= 11 is 0. The van der Waals surface area contributed by atoms with E-state index >= 15 is 0 Å². The van der Waals surface area contributed by atoms with Crippen molar-refractivity contribution in [1.82, 2.24) is 5.32 Å². The van der Waals surface area contributed by atoms with E-state index in [0.29, 0.717) is 5.56 Å². The van der Waals surface area contributed by atoms with Crippen LogP contribution in [0.1, 0.15) is 51.4 Å². The summed E-state index contributed by atoms with van der Waals surface area (Å²) in [6.07, 6.45) is 4.45. The quantitative estimate of drug-likeness (QED) is 0.597. The Morgan fingerprint density at radius 2 is 2.08 bits per heavy atom. The van der Waals surface area contributed by atoms with Gasteiger partial charge in [0.1, 0.15) is 0 Å². The third kappa shape index (κ3) is 5.74. The van der Waals surface area contributed by atoms with Gasteiger partial charge in [-0.2, -0.15) is 0 Å². The molecule has 0 radical (unpaired) electrons. The van der Waals surface area contributed by atoms with Crippen LogP contribution in [0.15, 0.2) is 30.3 Å². The molecule has 2 N–H and O–H groups in total. The Hall–Kier alpha value is -1.54. The van der Waals surface area contributed by atoms with Gasteiger partial charge < -0.3 is 15.2 Å². The van der Waals surface area contributed by atoms with Gasteiger partial charge in [-0.15, -0.1) is 12.4 Å². The predicted octanol–water partition coefficient (Wildman–Crippen LogP) is 3.03. The molecule has 1 aromatic carbocycles. The molecule has 138 valence electrons. The molecule has 1 aromatic rings. The van der Waals surface area contributed by atoms with E-state index in [9.17, 15) is 9.90 Å². The SMILES string of the molecule is Cl.[2H]C([2H])([2H])C([2H])([2H])NCC#CCOC(=O)[C@](O)(c1ccccc1)C1CCCCC1. The van der Waals surface area contributed by atoms with Crippen LogP contribution in [0.4, 0.5) is 0 Å². The normalized spacial score (nSPS) is 20.8. The van der Waals surface area contributed by atoms with E-state index in [-0.39, 0.29) is 31.5 Å². The highest BCUT2D eigenvalue weighted by atomic mass is 35.5. The molecule has 1 aliphatic carbocycles. The van der Waals surface area contributed by atoms with Gasteiger partial charge in [0.15, 0.2) is 12.2 Å². The lowest BCUT2D eigenvalue weighted by Crippen LogP contribution is -2.45. The fourth-order valence-electron chi connectivity index (χ4n) is 3.15. The molecule has 0 heterocycles. The molecule has 0 aromatic heterocycles. The molecule has 1 fully saturated rings. The molecular weight excluding hydrogens is 338 g/mol. The summed E-state index contributed by atoms with van der Waals surface area (Å²) in [7, 11) is 0. The molecule has 0 aliphatic heterocycles. The summed E-state index contributed by atoms with van der Waals surface area (Å²) in [6, 6.07) is 8.76. The van der Waals surface area contributed by atoms with E-state index in [4.69, 9.17) is 11.6 Å². The van der Waals surface area contributed by atoms with E-state index in [1.54, 1.807) is 24.3 Å². The summed E-state index contributed by atoms with van der Waals surface area (Å²) in [5.41, 5.74) is -1.24. The highest BCUT2D eigenvalue weighted by Gasteiger charge is 2.46. The molecule has 5 heteroatoms. The van der Waals surface area contributed by atoms with Gasteiger partial charge in [-0.3, -0.25) is 0 Å². The molecule has 0 spiro atoms. The van der Waals surface area contributed by atoms with Crippen molar-refractivity contribution < 1.29 is 21.5 Å². The second-order valence-corrected chi connectivity index (χ2v) is 5.88. The average Bonchev–Trinajstić information content (AvgIpc) is 2.70. The van der Waals surface area contributed by atoms with Gasteiger partial charge >= 0.3 is 5.97 Å². The standard InChI is InChI=1S/C20H27NO3.ClH/c1-2-21-15-9-10-16-24-19(22)20(23,17-11-5-3-6-12-17)18-13-7-4-8-14-18;/h3,5-6,11-12,18,21,23H,2,4,7-8,13-16H2,1H3;1H/t20-;/m0./s1/i1D3,2D2;. The van der Waals surface area contributed by atoms with E-state index in [0.717, 1.165) is 32.1 Å². The lowest BCUT2D eigenvalue weighted by atomic mass is 9.73. The van der Waals surface area contributed by atoms with Crippen molar-refractivity contribution >= 4 is 18.4 Å². The van der Waals surface area contributed by atoms with Crippen LogP contribution in [0.2, 0.25) is 0 Å². The molecule has 4 nitrogen and oxygen atoms in total. The van der Waals surface area contributed by atoms with Crippen LogP contribution in [0.25, 0.3) is 0 Å². The van der Waals surface area contributed by atoms with Crippen molar-refractivity contribution in [3.63, 3.8) is 0 Å². The summed E-state index contributed by atoms with van der Waals surface area (Å²) in [5.74, 6) is 4.10. The van der Waals surface area contributed by atoms with Gasteiger partial charge in [-0.05, 0) is 24.9 Å². The zero-order chi connectivity index (χ0) is 21.5. The van der Waals surface area contributed by atoms with Crippen molar-refractivity contribution in [2.45, 2.75) is 44.6 Å². The molecule has 1 aliphatic rings. The highest BCUT2D eigenvalue weighted by molar-refractivity contribution is 5.85. The molecule has 1 saturated carbocycles. The van der Waals surface area contributed by atoms with Gasteiger partial charge in [0, 0.05) is 12.8 Å². The van der Waals surface area contributed by atoms with Crippen LogP contribution < -0.4 is 5.32 Å². The Labute approximate surface area is 163 Å². The van der Waals surface area contributed by atoms with Crippen molar-refractivity contribution in [2.24, 2.45) is 5.92 Å². The van der Waals surface area contributed by atoms with Crippen LogP contribution in [0.3, 0.4) is 0 Å². The lowest BCUT2D eigenvalue weighted by Gasteiger charge is -2.36. The first kappa shape index (κ1) is 14.6. The second-order valence-electron chi connectivity index (χ2n) is 5.88. The lowest BCUT2D eigenvalue weighted by molar-refractivity contribution is -0.174. The summed E-state index contributed by atoms with van der Waals surface area (Å²) in [5, 5.41) is 13.5. The van der Waals surface area contributed by atoms with Crippen LogP contribution in [-0.4, -0.2) is 30.7 Å². The number of carbonyl (C=O) groups is 1. The maximum atomic E-state index is 12.8. The number of halogens is 1. The Morgan fingerprint density at radius 3 is 2.76 bits per heavy atom. The topological polar surface area (TPSA) is 58.6 Å². The van der Waals surface area contributed by atoms with Crippen molar-refractivity contribution in [1.29, 1.82) is 0 Å². The molecule has 0 unspecified atom stereocenters. The van der Waals surface area contributed by atoms with Gasteiger partial charge in [-0.1, -0.05) is 68.3 Å². The van der Waals surface area contributed by atoms with Gasteiger partial charge in [0.05, 0.1) is 6.54 Å². The first-order chi connectivity index (χ1) is 13.6. The Balaban J connectivity index is 0.00000450. The van der Waals surface area contributed by atoms with E-state index in [1.165, 1.54) is 0 Å². The summed E-state index contributed by atoms with van der Waals surface area (Å²) in [6.45, 7) is -5.87. The number of hydrogen-bond acceptors (Lipinski definition) is 4. The summed E-state index contributed by atoms with van der Waals surface area (Å²) in [4.78, 5) is 12.8. The molecular formula is C20H28ClNO3. The first-order valence-electron chi connectivity index (χ1n) is 10.7. The summed E-state index contributed by atoms with van der Waals surface area (Å²) < 4.78 is 41.4. The molecule has 0 amide bonds. The van der Waals surface area contributed by atoms with Gasteiger partial charge in [-0.25, -0.2) is 4.79 Å². The monoisotopic (exact) mass is 370 g/mol. The van der Waals surface area contributed by atoms with Crippen molar-refractivity contribution in [3.8, 4) is 11.8 Å². The number of carbonyl (C=O) groups excluding carboxylic acids is 1. The molecule has 0 bridgehead atoms. The number of benzene rings is 1. The molecule has 25 heavy (non-hydrogen) atoms. The van der Waals surface area contributed by atoms with E-state index in [2.05, 4.69) is 17.2 Å². The van der Waals surface area contributed by atoms with Crippen LogP contribution in [0, 0.1) is 17.8 Å². The number of rotatable bonds is 6. The van der Waals surface area contributed by atoms with Crippen LogP contribution >= 0.6 is 12.4 Å². The largest absolute Gasteiger partial charge is 0.450 e. The Bertz CT molecular complexity index is 742. The Morgan fingerprint density at radius 1 is 1.36 bits per heavy atom. The maximum Gasteiger partial charge on any atom is 0.344 e. The highest BCUT2D eigenvalue weighted by Crippen LogP contribution is 2.40. The van der Waals surface area contributed by atoms with Gasteiger partial charge in [0.25, 0.3) is 0 Å². The molecule has 2 rings (SSSR count). The zero-order valence-corrected chi connectivity index (χ0v) is 14.9.